The first kappa shape index (κ1) is 27.9. The van der Waals surface area contributed by atoms with Crippen molar-refractivity contribution in [2.45, 2.75) is 13.0 Å². The van der Waals surface area contributed by atoms with Gasteiger partial charge < -0.3 is 19.5 Å². The largest absolute Gasteiger partial charge is 0.383 e. The van der Waals surface area contributed by atoms with Crippen molar-refractivity contribution in [1.29, 1.82) is 0 Å². The standard InChI is InChI=1S/C35H35N3O3/c1-41-23-22-38(35(40)30-18-16-29(17-19-30)28-12-6-3-7-13-28)26-34(39)37(25-27-10-4-2-5-11-27)21-20-31-24-36-33-15-9-8-14-32(31)33/h2-19,24,36H,20-23,25-26H2,1H3. The molecule has 0 spiro atoms. The number of carbonyl (C=O) groups excluding carboxylic acids is 2. The number of hydrogen-bond acceptors (Lipinski definition) is 3. The topological polar surface area (TPSA) is 65.6 Å². The van der Waals surface area contributed by atoms with Crippen LogP contribution in [0.15, 0.2) is 115 Å². The van der Waals surface area contributed by atoms with Crippen molar-refractivity contribution in [2.75, 3.05) is 33.4 Å². The maximum absolute atomic E-state index is 13.8. The van der Waals surface area contributed by atoms with Gasteiger partial charge in [0, 0.05) is 49.4 Å². The fraction of sp³-hybridized carbons (Fsp3) is 0.200. The first-order valence-electron chi connectivity index (χ1n) is 13.9. The second-order valence-corrected chi connectivity index (χ2v) is 10.1. The third kappa shape index (κ3) is 7.10. The van der Waals surface area contributed by atoms with Crippen LogP contribution in [-0.4, -0.2) is 59.9 Å². The maximum atomic E-state index is 13.8. The van der Waals surface area contributed by atoms with Crippen molar-refractivity contribution in [2.24, 2.45) is 0 Å². The highest BCUT2D eigenvalue weighted by atomic mass is 16.5. The van der Waals surface area contributed by atoms with Gasteiger partial charge in [-0.3, -0.25) is 9.59 Å². The molecular formula is C35H35N3O3. The van der Waals surface area contributed by atoms with E-state index in [-0.39, 0.29) is 18.4 Å². The number of nitrogens with one attached hydrogen (secondary N) is 1. The molecule has 1 aromatic heterocycles. The third-order valence-electron chi connectivity index (χ3n) is 7.31. The minimum atomic E-state index is -0.189. The number of rotatable bonds is 12. The molecule has 6 heteroatoms. The number of fused-ring (bicyclic) bond motifs is 1. The van der Waals surface area contributed by atoms with Crippen LogP contribution in [0.3, 0.4) is 0 Å². The van der Waals surface area contributed by atoms with Crippen molar-refractivity contribution in [1.82, 2.24) is 14.8 Å². The second-order valence-electron chi connectivity index (χ2n) is 10.1. The van der Waals surface area contributed by atoms with Crippen LogP contribution < -0.4 is 0 Å². The summed E-state index contributed by atoms with van der Waals surface area (Å²) in [6.07, 6.45) is 2.72. The molecular weight excluding hydrogens is 510 g/mol. The molecule has 1 heterocycles. The molecule has 5 rings (SSSR count). The molecule has 4 aromatic carbocycles. The van der Waals surface area contributed by atoms with Crippen LogP contribution in [0.5, 0.6) is 0 Å². The Labute approximate surface area is 241 Å². The summed E-state index contributed by atoms with van der Waals surface area (Å²) in [5.74, 6) is -0.287. The van der Waals surface area contributed by atoms with Gasteiger partial charge >= 0.3 is 0 Å². The molecule has 2 amide bonds. The Hall–Kier alpha value is -4.68. The number of ether oxygens (including phenoxy) is 1. The van der Waals surface area contributed by atoms with Crippen LogP contribution in [0.1, 0.15) is 21.5 Å². The molecule has 6 nitrogen and oxygen atoms in total. The summed E-state index contributed by atoms with van der Waals surface area (Å²) < 4.78 is 5.29. The number of aromatic amines is 1. The highest BCUT2D eigenvalue weighted by Gasteiger charge is 2.23. The first-order valence-corrected chi connectivity index (χ1v) is 13.9. The number of hydrogen-bond donors (Lipinski definition) is 1. The normalized spacial score (nSPS) is 11.0. The lowest BCUT2D eigenvalue weighted by molar-refractivity contribution is -0.132. The number of H-pyrrole nitrogens is 1. The molecule has 0 aliphatic rings. The smallest absolute Gasteiger partial charge is 0.254 e. The lowest BCUT2D eigenvalue weighted by Crippen LogP contribution is -2.44. The predicted octanol–water partition coefficient (Wildman–Crippen LogP) is 6.20. The zero-order chi connectivity index (χ0) is 28.4. The van der Waals surface area contributed by atoms with Crippen molar-refractivity contribution < 1.29 is 14.3 Å². The fourth-order valence-corrected chi connectivity index (χ4v) is 5.03. The van der Waals surface area contributed by atoms with Crippen LogP contribution in [0, 0.1) is 0 Å². The highest BCUT2D eigenvalue weighted by molar-refractivity contribution is 5.97. The van der Waals surface area contributed by atoms with E-state index in [4.69, 9.17) is 4.74 Å². The van der Waals surface area contributed by atoms with E-state index in [2.05, 4.69) is 17.1 Å². The molecule has 0 radical (unpaired) electrons. The Morgan fingerprint density at radius 1 is 0.732 bits per heavy atom. The molecule has 0 aliphatic heterocycles. The number of amides is 2. The monoisotopic (exact) mass is 545 g/mol. The Morgan fingerprint density at radius 2 is 1.39 bits per heavy atom. The molecule has 208 valence electrons. The zero-order valence-electron chi connectivity index (χ0n) is 23.3. The molecule has 41 heavy (non-hydrogen) atoms. The molecule has 0 unspecified atom stereocenters. The fourth-order valence-electron chi connectivity index (χ4n) is 5.03. The molecule has 0 atom stereocenters. The summed E-state index contributed by atoms with van der Waals surface area (Å²) >= 11 is 0. The molecule has 0 fully saturated rings. The molecule has 0 saturated heterocycles. The summed E-state index contributed by atoms with van der Waals surface area (Å²) in [7, 11) is 1.60. The quantitative estimate of drug-likeness (QED) is 0.203. The van der Waals surface area contributed by atoms with E-state index in [9.17, 15) is 9.59 Å². The average Bonchev–Trinajstić information content (AvgIpc) is 3.45. The summed E-state index contributed by atoms with van der Waals surface area (Å²) in [4.78, 5) is 34.2. The van der Waals surface area contributed by atoms with Gasteiger partial charge in [0.05, 0.1) is 6.61 Å². The van der Waals surface area contributed by atoms with Crippen LogP contribution in [0.25, 0.3) is 22.0 Å². The summed E-state index contributed by atoms with van der Waals surface area (Å²) in [5, 5.41) is 1.16. The van der Waals surface area contributed by atoms with Crippen LogP contribution >= 0.6 is 0 Å². The highest BCUT2D eigenvalue weighted by Crippen LogP contribution is 2.21. The second kappa shape index (κ2) is 13.6. The van der Waals surface area contributed by atoms with E-state index in [1.54, 1.807) is 12.0 Å². The Morgan fingerprint density at radius 3 is 2.12 bits per heavy atom. The third-order valence-corrected chi connectivity index (χ3v) is 7.31. The van der Waals surface area contributed by atoms with E-state index in [1.807, 2.05) is 108 Å². The van der Waals surface area contributed by atoms with Gasteiger partial charge in [-0.25, -0.2) is 0 Å². The number of benzene rings is 4. The number of nitrogens with zero attached hydrogens (tertiary/aromatic N) is 2. The Kier molecular flexibility index (Phi) is 9.24. The van der Waals surface area contributed by atoms with Gasteiger partial charge in [0.15, 0.2) is 0 Å². The van der Waals surface area contributed by atoms with E-state index in [0.717, 1.165) is 33.2 Å². The first-order chi connectivity index (χ1) is 20.1. The molecule has 1 N–H and O–H groups in total. The van der Waals surface area contributed by atoms with Gasteiger partial charge in [-0.2, -0.15) is 0 Å². The van der Waals surface area contributed by atoms with Crippen LogP contribution in [0.2, 0.25) is 0 Å². The summed E-state index contributed by atoms with van der Waals surface area (Å²) in [6, 6.07) is 35.7. The van der Waals surface area contributed by atoms with Crippen LogP contribution in [-0.2, 0) is 22.5 Å². The molecule has 0 saturated carbocycles. The average molecular weight is 546 g/mol. The minimum absolute atomic E-state index is 0.0245. The van der Waals surface area contributed by atoms with Gasteiger partial charge in [0.25, 0.3) is 5.91 Å². The number of aromatic nitrogens is 1. The van der Waals surface area contributed by atoms with Crippen LogP contribution in [0.4, 0.5) is 0 Å². The van der Waals surface area contributed by atoms with E-state index in [0.29, 0.717) is 38.2 Å². The summed E-state index contributed by atoms with van der Waals surface area (Å²) in [5.41, 5.74) is 5.96. The SMILES string of the molecule is COCCN(CC(=O)N(CCc1c[nH]c2ccccc12)Cc1ccccc1)C(=O)c1ccc(-c2ccccc2)cc1. The van der Waals surface area contributed by atoms with Gasteiger partial charge in [0.1, 0.15) is 6.54 Å². The Balaban J connectivity index is 1.33. The molecule has 0 bridgehead atoms. The van der Waals surface area contributed by atoms with Gasteiger partial charge in [-0.15, -0.1) is 0 Å². The predicted molar refractivity (Wildman–Crippen MR) is 164 cm³/mol. The number of methoxy groups -OCH3 is 1. The lowest BCUT2D eigenvalue weighted by Gasteiger charge is -2.28. The minimum Gasteiger partial charge on any atom is -0.383 e. The zero-order valence-corrected chi connectivity index (χ0v) is 23.3. The van der Waals surface area contributed by atoms with Gasteiger partial charge in [-0.05, 0) is 46.9 Å². The Bertz CT molecular complexity index is 1560. The van der Waals surface area contributed by atoms with E-state index >= 15 is 0 Å². The number of para-hydroxylation sites is 1. The molecule has 5 aromatic rings. The van der Waals surface area contributed by atoms with Gasteiger partial charge in [-0.1, -0.05) is 91.0 Å². The van der Waals surface area contributed by atoms with Crippen molar-refractivity contribution in [3.8, 4) is 11.1 Å². The lowest BCUT2D eigenvalue weighted by atomic mass is 10.0. The number of carbonyl (C=O) groups is 2. The van der Waals surface area contributed by atoms with Gasteiger partial charge in [0.2, 0.25) is 5.91 Å². The van der Waals surface area contributed by atoms with E-state index in [1.165, 1.54) is 0 Å². The van der Waals surface area contributed by atoms with Crippen molar-refractivity contribution >= 4 is 22.7 Å². The summed E-state index contributed by atoms with van der Waals surface area (Å²) in [6.45, 7) is 1.65. The van der Waals surface area contributed by atoms with Crippen molar-refractivity contribution in [3.05, 3.63) is 132 Å². The molecule has 0 aliphatic carbocycles. The maximum Gasteiger partial charge on any atom is 0.254 e. The van der Waals surface area contributed by atoms with E-state index < -0.39 is 0 Å². The van der Waals surface area contributed by atoms with Crippen molar-refractivity contribution in [3.63, 3.8) is 0 Å².